The lowest BCUT2D eigenvalue weighted by atomic mass is 10.0. The molecule has 1 saturated heterocycles. The number of ether oxygens (including phenoxy) is 2. The van der Waals surface area contributed by atoms with E-state index in [0.717, 1.165) is 16.7 Å². The summed E-state index contributed by atoms with van der Waals surface area (Å²) in [4.78, 5) is 43.0. The zero-order chi connectivity index (χ0) is 30.9. The number of nitrogens with zero attached hydrogens (tertiary/aromatic N) is 4. The Kier molecular flexibility index (Phi) is 10.6. The second kappa shape index (κ2) is 15.0. The number of aromatic nitrogens is 2. The van der Waals surface area contributed by atoms with Crippen LogP contribution < -0.4 is 10.1 Å². The quantitative estimate of drug-likeness (QED) is 0.444. The van der Waals surface area contributed by atoms with Crippen LogP contribution in [0.15, 0.2) is 60.9 Å². The lowest BCUT2D eigenvalue weighted by molar-refractivity contribution is -0.139. The number of hydrogen-bond donors (Lipinski definition) is 2. The molecule has 0 unspecified atom stereocenters. The number of aliphatic hydroxyl groups is 1. The van der Waals surface area contributed by atoms with Crippen LogP contribution in [0, 0.1) is 0 Å². The molecule has 4 heterocycles. The van der Waals surface area contributed by atoms with Gasteiger partial charge in [-0.1, -0.05) is 24.3 Å². The number of carbonyl (C=O) groups is 3. The number of rotatable bonds is 6. The van der Waals surface area contributed by atoms with Gasteiger partial charge in [-0.15, -0.1) is 0 Å². The molecule has 3 aliphatic rings. The lowest BCUT2D eigenvalue weighted by Gasteiger charge is -2.39. The maximum absolute atomic E-state index is 13.4. The number of aryl methyl sites for hydroxylation is 3. The highest BCUT2D eigenvalue weighted by atomic mass is 16.5. The van der Waals surface area contributed by atoms with Crippen LogP contribution in [0.25, 0.3) is 0 Å². The zero-order valence-corrected chi connectivity index (χ0v) is 25.2. The second-order valence-corrected chi connectivity index (χ2v) is 11.5. The molecule has 0 aliphatic carbocycles. The number of nitrogens with one attached hydrogen (secondary N) is 1. The summed E-state index contributed by atoms with van der Waals surface area (Å²) in [5, 5.41) is 16.7. The summed E-state index contributed by atoms with van der Waals surface area (Å²) in [5.41, 5.74) is 2.91. The fourth-order valence-electron chi connectivity index (χ4n) is 5.66. The summed E-state index contributed by atoms with van der Waals surface area (Å²) >= 11 is 0. The van der Waals surface area contributed by atoms with E-state index < -0.39 is 6.04 Å². The van der Waals surface area contributed by atoms with Crippen LogP contribution >= 0.6 is 0 Å². The molecule has 4 bridgehead atoms. The first-order valence-electron chi connectivity index (χ1n) is 15.3. The number of likely N-dealkylation sites (tertiary alicyclic amines) is 1. The van der Waals surface area contributed by atoms with E-state index >= 15 is 0 Å². The Labute approximate surface area is 257 Å². The van der Waals surface area contributed by atoms with Crippen LogP contribution in [0.2, 0.25) is 0 Å². The standard InChI is InChI=1S/C33H41N5O6/c1-36-20-26(19-34-36)9-13-33(42)38-16-14-30-29(21-38)35-31(40)22-37(15-3-17-39)32(41)12-8-24-6-10-27(11-7-24)44-28-5-2-4-25(18-28)23-43-30/h2,4-7,10-11,18-20,29-30,39H,3,8-9,12-17,21-23H2,1H3,(H,35,40)/t29-,30-/m0/s1. The maximum Gasteiger partial charge on any atom is 0.239 e. The van der Waals surface area contributed by atoms with Gasteiger partial charge < -0.3 is 29.7 Å². The normalized spacial score (nSPS) is 19.8. The van der Waals surface area contributed by atoms with Gasteiger partial charge in [0.05, 0.1) is 31.5 Å². The molecule has 3 aliphatic heterocycles. The topological polar surface area (TPSA) is 126 Å². The molecule has 44 heavy (non-hydrogen) atoms. The average Bonchev–Trinajstić information content (AvgIpc) is 3.45. The van der Waals surface area contributed by atoms with Gasteiger partial charge in [0.15, 0.2) is 0 Å². The van der Waals surface area contributed by atoms with Crippen LogP contribution in [0.1, 0.15) is 42.4 Å². The molecule has 0 radical (unpaired) electrons. The van der Waals surface area contributed by atoms with Gasteiger partial charge in [-0.25, -0.2) is 0 Å². The van der Waals surface area contributed by atoms with Crippen molar-refractivity contribution < 1.29 is 29.0 Å². The van der Waals surface area contributed by atoms with Crippen molar-refractivity contribution in [3.8, 4) is 11.5 Å². The smallest absolute Gasteiger partial charge is 0.239 e. The number of benzene rings is 2. The summed E-state index contributed by atoms with van der Waals surface area (Å²) in [6, 6.07) is 14.9. The molecule has 0 saturated carbocycles. The number of amides is 3. The third-order valence-corrected chi connectivity index (χ3v) is 8.06. The molecule has 0 spiro atoms. The molecule has 1 fully saturated rings. The van der Waals surface area contributed by atoms with E-state index in [2.05, 4.69) is 10.4 Å². The Hall–Kier alpha value is -4.22. The van der Waals surface area contributed by atoms with Crippen molar-refractivity contribution in [2.45, 2.75) is 57.3 Å². The van der Waals surface area contributed by atoms with Crippen LogP contribution in [0.4, 0.5) is 0 Å². The average molecular weight is 604 g/mol. The highest BCUT2D eigenvalue weighted by molar-refractivity contribution is 5.85. The van der Waals surface area contributed by atoms with Gasteiger partial charge in [-0.3, -0.25) is 19.1 Å². The third kappa shape index (κ3) is 8.67. The van der Waals surface area contributed by atoms with Crippen LogP contribution in [0.5, 0.6) is 11.5 Å². The molecule has 3 aromatic rings. The maximum atomic E-state index is 13.4. The van der Waals surface area contributed by atoms with Crippen molar-refractivity contribution in [2.75, 3.05) is 32.8 Å². The van der Waals surface area contributed by atoms with Crippen LogP contribution in [0.3, 0.4) is 0 Å². The van der Waals surface area contributed by atoms with E-state index in [-0.39, 0.29) is 49.9 Å². The highest BCUT2D eigenvalue weighted by Gasteiger charge is 2.34. The molecular weight excluding hydrogens is 562 g/mol. The van der Waals surface area contributed by atoms with E-state index in [9.17, 15) is 19.5 Å². The van der Waals surface area contributed by atoms with Crippen molar-refractivity contribution in [3.63, 3.8) is 0 Å². The highest BCUT2D eigenvalue weighted by Crippen LogP contribution is 2.25. The Bertz CT molecular complexity index is 1420. The molecule has 2 N–H and O–H groups in total. The number of piperidine rings is 1. The van der Waals surface area contributed by atoms with Gasteiger partial charge in [0.2, 0.25) is 17.7 Å². The third-order valence-electron chi connectivity index (χ3n) is 8.06. The van der Waals surface area contributed by atoms with Gasteiger partial charge in [0.25, 0.3) is 0 Å². The molecular formula is C33H41N5O6. The first-order chi connectivity index (χ1) is 21.4. The Morgan fingerprint density at radius 2 is 1.93 bits per heavy atom. The van der Waals surface area contributed by atoms with Gasteiger partial charge in [0.1, 0.15) is 11.5 Å². The lowest BCUT2D eigenvalue weighted by Crippen LogP contribution is -2.58. The van der Waals surface area contributed by atoms with Crippen molar-refractivity contribution in [1.82, 2.24) is 24.9 Å². The fraction of sp³-hybridized carbons (Fsp3) is 0.455. The van der Waals surface area contributed by atoms with Crippen LogP contribution in [-0.4, -0.2) is 87.3 Å². The molecule has 3 amide bonds. The molecule has 11 heteroatoms. The van der Waals surface area contributed by atoms with E-state index in [1.54, 1.807) is 15.8 Å². The Morgan fingerprint density at radius 1 is 1.09 bits per heavy atom. The molecule has 2 atom stereocenters. The summed E-state index contributed by atoms with van der Waals surface area (Å²) in [6.07, 6.45) is 5.94. The minimum atomic E-state index is -0.453. The predicted molar refractivity (Wildman–Crippen MR) is 163 cm³/mol. The minimum Gasteiger partial charge on any atom is -0.457 e. The predicted octanol–water partition coefficient (Wildman–Crippen LogP) is 2.60. The zero-order valence-electron chi connectivity index (χ0n) is 25.2. The van der Waals surface area contributed by atoms with Crippen LogP contribution in [-0.2, 0) is 45.6 Å². The summed E-state index contributed by atoms with van der Waals surface area (Å²) in [6.45, 7) is 1.19. The number of aliphatic hydroxyl groups excluding tert-OH is 1. The first-order valence-corrected chi connectivity index (χ1v) is 15.3. The monoisotopic (exact) mass is 603 g/mol. The van der Waals surface area contributed by atoms with Crippen molar-refractivity contribution in [1.29, 1.82) is 0 Å². The number of carbonyl (C=O) groups excluding carboxylic acids is 3. The first kappa shape index (κ1) is 31.2. The Balaban J connectivity index is 1.33. The number of fused-ring (bicyclic) bond motifs is 9. The molecule has 2 aromatic carbocycles. The van der Waals surface area contributed by atoms with E-state index in [0.29, 0.717) is 63.3 Å². The summed E-state index contributed by atoms with van der Waals surface area (Å²) in [5.74, 6) is 0.902. The largest absolute Gasteiger partial charge is 0.457 e. The van der Waals surface area contributed by atoms with Crippen molar-refractivity contribution in [3.05, 3.63) is 77.6 Å². The van der Waals surface area contributed by atoms with E-state index in [4.69, 9.17) is 9.47 Å². The molecule has 11 nitrogen and oxygen atoms in total. The molecule has 234 valence electrons. The van der Waals surface area contributed by atoms with Gasteiger partial charge in [-0.2, -0.15) is 5.10 Å². The fourth-order valence-corrected chi connectivity index (χ4v) is 5.66. The summed E-state index contributed by atoms with van der Waals surface area (Å²) in [7, 11) is 1.84. The van der Waals surface area contributed by atoms with E-state index in [1.807, 2.05) is 61.8 Å². The SMILES string of the molecule is Cn1cc(CCC(=O)N2CC[C@@H]3OCc4cccc(c4)Oc4ccc(cc4)CCC(=O)N(CCCO)CC(=O)N[C@H]3C2)cn1. The Morgan fingerprint density at radius 3 is 2.70 bits per heavy atom. The second-order valence-electron chi connectivity index (χ2n) is 11.5. The number of hydrogen-bond acceptors (Lipinski definition) is 7. The molecule has 6 rings (SSSR count). The molecule has 1 aromatic heterocycles. The van der Waals surface area contributed by atoms with E-state index in [1.165, 1.54) is 4.90 Å². The van der Waals surface area contributed by atoms with Crippen molar-refractivity contribution >= 4 is 17.7 Å². The van der Waals surface area contributed by atoms with Gasteiger partial charge >= 0.3 is 0 Å². The minimum absolute atomic E-state index is 0.00789. The van der Waals surface area contributed by atoms with Crippen molar-refractivity contribution in [2.24, 2.45) is 7.05 Å². The van der Waals surface area contributed by atoms with Gasteiger partial charge in [-0.05, 0) is 66.6 Å². The summed E-state index contributed by atoms with van der Waals surface area (Å²) < 4.78 is 14.2. The van der Waals surface area contributed by atoms with Gasteiger partial charge in [0, 0.05) is 52.3 Å².